The van der Waals surface area contributed by atoms with Crippen LogP contribution in [0.3, 0.4) is 0 Å². The predicted octanol–water partition coefficient (Wildman–Crippen LogP) is 1.18. The zero-order valence-corrected chi connectivity index (χ0v) is 10.6. The minimum Gasteiger partial charge on any atom is -0.352 e. The van der Waals surface area contributed by atoms with Gasteiger partial charge in [0.05, 0.1) is 17.4 Å². The van der Waals surface area contributed by atoms with Gasteiger partial charge >= 0.3 is 0 Å². The number of aromatic amines is 1. The number of rotatable bonds is 1. The molecule has 5 nitrogen and oxygen atoms in total. The molecule has 3 rings (SSSR count). The third kappa shape index (κ3) is 1.74. The summed E-state index contributed by atoms with van der Waals surface area (Å²) in [6, 6.07) is 5.80. The molecule has 1 aliphatic heterocycles. The van der Waals surface area contributed by atoms with Gasteiger partial charge in [-0.2, -0.15) is 0 Å². The summed E-state index contributed by atoms with van der Waals surface area (Å²) >= 11 is 4.26. The van der Waals surface area contributed by atoms with Crippen molar-refractivity contribution in [2.24, 2.45) is 0 Å². The molecular weight excluding hydrogens is 248 g/mol. The highest BCUT2D eigenvalue weighted by molar-refractivity contribution is 7.80. The number of fused-ring (bicyclic) bond motifs is 1. The maximum atomic E-state index is 11.9. The molecule has 1 aromatic heterocycles. The van der Waals surface area contributed by atoms with E-state index in [4.69, 9.17) is 0 Å². The van der Waals surface area contributed by atoms with Crippen molar-refractivity contribution < 1.29 is 4.79 Å². The molecule has 0 radical (unpaired) electrons. The highest BCUT2D eigenvalue weighted by atomic mass is 32.1. The maximum absolute atomic E-state index is 11.9. The summed E-state index contributed by atoms with van der Waals surface area (Å²) < 4.78 is 0. The monoisotopic (exact) mass is 260 g/mol. The van der Waals surface area contributed by atoms with Crippen molar-refractivity contribution in [2.75, 3.05) is 7.05 Å². The number of likely N-dealkylation sites (N-methyl/N-ethyl adjacent to an activating group) is 1. The summed E-state index contributed by atoms with van der Waals surface area (Å²) in [6.45, 7) is 0. The largest absolute Gasteiger partial charge is 0.352 e. The normalized spacial score (nSPS) is 21.9. The lowest BCUT2D eigenvalue weighted by Crippen LogP contribution is -2.28. The van der Waals surface area contributed by atoms with Gasteiger partial charge in [-0.3, -0.25) is 4.79 Å². The molecule has 0 saturated carbocycles. The van der Waals surface area contributed by atoms with Crippen molar-refractivity contribution in [3.05, 3.63) is 35.8 Å². The molecule has 0 spiro atoms. The molecule has 1 atom stereocenters. The fourth-order valence-corrected chi connectivity index (χ4v) is 2.16. The first-order valence-corrected chi connectivity index (χ1v) is 6.03. The molecule has 1 fully saturated rings. The Morgan fingerprint density at radius 1 is 1.50 bits per heavy atom. The van der Waals surface area contributed by atoms with Crippen molar-refractivity contribution >= 4 is 35.6 Å². The number of nitrogens with one attached hydrogen (secondary N) is 2. The van der Waals surface area contributed by atoms with Gasteiger partial charge in [0.15, 0.2) is 0 Å². The number of benzene rings is 1. The van der Waals surface area contributed by atoms with Crippen molar-refractivity contribution in [3.8, 4) is 0 Å². The van der Waals surface area contributed by atoms with Gasteiger partial charge in [-0.1, -0.05) is 6.07 Å². The summed E-state index contributed by atoms with van der Waals surface area (Å²) in [4.78, 5) is 20.6. The number of amides is 1. The number of carbonyl (C=O) groups is 1. The smallest absolute Gasteiger partial charge is 0.272 e. The van der Waals surface area contributed by atoms with Crippen LogP contribution in [-0.2, 0) is 4.79 Å². The Labute approximate surface area is 109 Å². The molecule has 18 heavy (non-hydrogen) atoms. The van der Waals surface area contributed by atoms with Crippen LogP contribution < -0.4 is 5.32 Å². The predicted molar refractivity (Wildman–Crippen MR) is 72.8 cm³/mol. The van der Waals surface area contributed by atoms with Gasteiger partial charge in [0.2, 0.25) is 0 Å². The van der Waals surface area contributed by atoms with Crippen molar-refractivity contribution in [3.63, 3.8) is 0 Å². The van der Waals surface area contributed by atoms with Gasteiger partial charge < -0.3 is 15.2 Å². The van der Waals surface area contributed by atoms with E-state index in [1.165, 1.54) is 0 Å². The molecule has 1 unspecified atom stereocenters. The van der Waals surface area contributed by atoms with E-state index in [0.717, 1.165) is 16.6 Å². The van der Waals surface area contributed by atoms with E-state index in [-0.39, 0.29) is 11.4 Å². The molecule has 2 heterocycles. The minimum atomic E-state index is -0.264. The number of carbonyl (C=O) groups excluding carboxylic acids is 1. The van der Waals surface area contributed by atoms with E-state index in [2.05, 4.69) is 27.9 Å². The van der Waals surface area contributed by atoms with Crippen molar-refractivity contribution in [2.45, 2.75) is 5.50 Å². The van der Waals surface area contributed by atoms with Gasteiger partial charge in [-0.05, 0) is 23.8 Å². The van der Waals surface area contributed by atoms with Gasteiger partial charge in [0.1, 0.15) is 11.2 Å². The fraction of sp³-hybridized carbons (Fsp3) is 0.167. The van der Waals surface area contributed by atoms with Gasteiger partial charge in [-0.15, -0.1) is 12.6 Å². The first-order valence-electron chi connectivity index (χ1n) is 5.52. The lowest BCUT2D eigenvalue weighted by atomic mass is 10.1. The van der Waals surface area contributed by atoms with Gasteiger partial charge in [-0.25, -0.2) is 4.98 Å². The Morgan fingerprint density at radius 3 is 3.06 bits per heavy atom. The quantitative estimate of drug-likeness (QED) is 0.533. The molecule has 1 saturated heterocycles. The number of imidazole rings is 1. The molecule has 2 N–H and O–H groups in total. The molecular formula is C12H12N4OS. The van der Waals surface area contributed by atoms with E-state index in [9.17, 15) is 4.79 Å². The maximum Gasteiger partial charge on any atom is 0.272 e. The van der Waals surface area contributed by atoms with Gasteiger partial charge in [0, 0.05) is 7.05 Å². The highest BCUT2D eigenvalue weighted by Gasteiger charge is 2.28. The molecule has 6 heteroatoms. The number of H-pyrrole nitrogens is 1. The van der Waals surface area contributed by atoms with Crippen LogP contribution in [0.1, 0.15) is 5.56 Å². The van der Waals surface area contributed by atoms with Crippen LogP contribution in [0, 0.1) is 0 Å². The Bertz CT molecular complexity index is 648. The summed E-state index contributed by atoms with van der Waals surface area (Å²) in [7, 11) is 1.71. The first-order chi connectivity index (χ1) is 8.65. The number of hydrogen-bond acceptors (Lipinski definition) is 4. The van der Waals surface area contributed by atoms with E-state index in [1.54, 1.807) is 18.3 Å². The second-order valence-corrected chi connectivity index (χ2v) is 4.66. The van der Waals surface area contributed by atoms with Crippen LogP contribution in [0.5, 0.6) is 0 Å². The third-order valence-corrected chi connectivity index (χ3v) is 3.43. The molecule has 1 aliphatic rings. The van der Waals surface area contributed by atoms with Crippen LogP contribution in [0.4, 0.5) is 0 Å². The third-order valence-electron chi connectivity index (χ3n) is 2.96. The summed E-state index contributed by atoms with van der Waals surface area (Å²) in [6.07, 6.45) is 3.47. The Morgan fingerprint density at radius 2 is 2.33 bits per heavy atom. The summed E-state index contributed by atoms with van der Waals surface area (Å²) in [5.74, 6) is -0.0558. The van der Waals surface area contributed by atoms with E-state index < -0.39 is 0 Å². The molecule has 0 aliphatic carbocycles. The summed E-state index contributed by atoms with van der Waals surface area (Å²) in [5.41, 5.74) is 3.09. The van der Waals surface area contributed by atoms with E-state index in [1.807, 2.05) is 24.3 Å². The first kappa shape index (κ1) is 11.2. The summed E-state index contributed by atoms with van der Waals surface area (Å²) in [5, 5.41) is 3.02. The zero-order valence-electron chi connectivity index (χ0n) is 9.71. The van der Waals surface area contributed by atoms with E-state index >= 15 is 0 Å². The fourth-order valence-electron chi connectivity index (χ4n) is 1.91. The average Bonchev–Trinajstić information content (AvgIpc) is 2.91. The second-order valence-electron chi connectivity index (χ2n) is 4.17. The molecule has 1 aromatic carbocycles. The van der Waals surface area contributed by atoms with Crippen LogP contribution in [0.25, 0.3) is 17.1 Å². The van der Waals surface area contributed by atoms with Crippen LogP contribution in [0.15, 0.2) is 30.2 Å². The molecule has 2 aromatic rings. The van der Waals surface area contributed by atoms with Crippen LogP contribution in [-0.4, -0.2) is 33.3 Å². The minimum absolute atomic E-state index is 0.0558. The van der Waals surface area contributed by atoms with Crippen molar-refractivity contribution in [1.82, 2.24) is 20.2 Å². The standard InChI is InChI=1S/C12H12N4OS/c1-16-11(17)10(15-12(16)18)5-7-2-3-8-9(4-7)14-6-13-8/h2-6,12,15,18H,1H3,(H,13,14)/b10-5-. The Balaban J connectivity index is 1.98. The number of nitrogens with zero attached hydrogens (tertiary/aromatic N) is 2. The molecule has 0 bridgehead atoms. The average molecular weight is 260 g/mol. The zero-order chi connectivity index (χ0) is 12.7. The van der Waals surface area contributed by atoms with E-state index in [0.29, 0.717) is 5.70 Å². The Kier molecular flexibility index (Phi) is 2.52. The lowest BCUT2D eigenvalue weighted by molar-refractivity contribution is -0.123. The molecule has 92 valence electrons. The number of hydrogen-bond donors (Lipinski definition) is 3. The lowest BCUT2D eigenvalue weighted by Gasteiger charge is -2.11. The molecule has 1 amide bonds. The van der Waals surface area contributed by atoms with Crippen LogP contribution >= 0.6 is 12.6 Å². The van der Waals surface area contributed by atoms with Crippen LogP contribution in [0.2, 0.25) is 0 Å². The Hall–Kier alpha value is -1.95. The van der Waals surface area contributed by atoms with Crippen molar-refractivity contribution in [1.29, 1.82) is 0 Å². The number of aromatic nitrogens is 2. The number of thiol groups is 1. The topological polar surface area (TPSA) is 61.0 Å². The second kappa shape index (κ2) is 4.06. The van der Waals surface area contributed by atoms with Gasteiger partial charge in [0.25, 0.3) is 5.91 Å². The highest BCUT2D eigenvalue weighted by Crippen LogP contribution is 2.18. The SMILES string of the molecule is CN1C(=O)/C(=C/c2ccc3nc[nH]c3c2)NC1S.